The van der Waals surface area contributed by atoms with Crippen LogP contribution in [0.3, 0.4) is 0 Å². The summed E-state index contributed by atoms with van der Waals surface area (Å²) < 4.78 is 0. The molecule has 170 valence electrons. The minimum absolute atomic E-state index is 0.212. The number of carbonyl (C=O) groups excluding carboxylic acids is 1. The van der Waals surface area contributed by atoms with Gasteiger partial charge in [0, 0.05) is 49.5 Å². The highest BCUT2D eigenvalue weighted by Gasteiger charge is 2.22. The largest absolute Gasteiger partial charge is 0.377 e. The quantitative estimate of drug-likeness (QED) is 0.501. The van der Waals surface area contributed by atoms with E-state index in [1.807, 2.05) is 12.1 Å². The Morgan fingerprint density at radius 1 is 1.09 bits per heavy atom. The van der Waals surface area contributed by atoms with E-state index < -0.39 is 0 Å². The summed E-state index contributed by atoms with van der Waals surface area (Å²) in [6.45, 7) is 0.661. The van der Waals surface area contributed by atoms with Crippen LogP contribution in [0.2, 0.25) is 0 Å². The number of rotatable bonds is 6. The Labute approximate surface area is 194 Å². The highest BCUT2D eigenvalue weighted by molar-refractivity contribution is 5.93. The Morgan fingerprint density at radius 3 is 2.52 bits per heavy atom. The number of amides is 2. The molecule has 7 nitrogen and oxygen atoms in total. The van der Waals surface area contributed by atoms with Crippen LogP contribution in [0.4, 0.5) is 22.0 Å². The van der Waals surface area contributed by atoms with Crippen molar-refractivity contribution in [3.63, 3.8) is 0 Å². The molecule has 33 heavy (non-hydrogen) atoms. The summed E-state index contributed by atoms with van der Waals surface area (Å²) in [5, 5.41) is 19.4. The van der Waals surface area contributed by atoms with Gasteiger partial charge in [-0.2, -0.15) is 5.26 Å². The molecule has 1 aromatic heterocycles. The molecule has 2 aromatic carbocycles. The first-order valence-electron chi connectivity index (χ1n) is 11.4. The van der Waals surface area contributed by atoms with Gasteiger partial charge < -0.3 is 20.9 Å². The van der Waals surface area contributed by atoms with E-state index in [0.717, 1.165) is 48.1 Å². The second kappa shape index (κ2) is 10.2. The summed E-state index contributed by atoms with van der Waals surface area (Å²) in [7, 11) is 4.11. The first kappa shape index (κ1) is 22.4. The number of urea groups is 1. The van der Waals surface area contributed by atoms with E-state index in [4.69, 9.17) is 10.2 Å². The van der Waals surface area contributed by atoms with Crippen molar-refractivity contribution in [1.29, 1.82) is 5.26 Å². The Bertz CT molecular complexity index is 1140. The summed E-state index contributed by atoms with van der Waals surface area (Å²) in [5.74, 6) is 1.39. The Balaban J connectivity index is 1.26. The maximum atomic E-state index is 12.2. The van der Waals surface area contributed by atoms with Gasteiger partial charge in [-0.3, -0.25) is 0 Å². The monoisotopic (exact) mass is 442 g/mol. The fourth-order valence-electron chi connectivity index (χ4n) is 4.36. The predicted octanol–water partition coefficient (Wildman–Crippen LogP) is 4.96. The van der Waals surface area contributed by atoms with Crippen molar-refractivity contribution in [3.05, 3.63) is 60.2 Å². The highest BCUT2D eigenvalue weighted by atomic mass is 16.2. The first-order valence-corrected chi connectivity index (χ1v) is 11.4. The number of nitriles is 1. The number of carbonyl (C=O) groups is 1. The van der Waals surface area contributed by atoms with Gasteiger partial charge >= 0.3 is 6.03 Å². The molecular weight excluding hydrogens is 412 g/mol. The lowest BCUT2D eigenvalue weighted by atomic mass is 9.86. The van der Waals surface area contributed by atoms with Gasteiger partial charge in [0.25, 0.3) is 0 Å². The fraction of sp³-hybridized carbons (Fsp3) is 0.346. The first-order chi connectivity index (χ1) is 16.0. The molecule has 0 unspecified atom stereocenters. The van der Waals surface area contributed by atoms with Gasteiger partial charge in [-0.15, -0.1) is 0 Å². The van der Waals surface area contributed by atoms with Crippen LogP contribution in [0, 0.1) is 17.2 Å². The van der Waals surface area contributed by atoms with Gasteiger partial charge in [-0.05, 0) is 61.9 Å². The van der Waals surface area contributed by atoms with Gasteiger partial charge in [0.05, 0.1) is 17.1 Å². The molecule has 1 saturated carbocycles. The summed E-state index contributed by atoms with van der Waals surface area (Å²) >= 11 is 0. The molecule has 0 bridgehead atoms. The van der Waals surface area contributed by atoms with E-state index in [9.17, 15) is 4.79 Å². The maximum Gasteiger partial charge on any atom is 0.319 e. The topological polar surface area (TPSA) is 93.1 Å². The van der Waals surface area contributed by atoms with Crippen molar-refractivity contribution in [2.45, 2.75) is 31.7 Å². The van der Waals surface area contributed by atoms with Crippen molar-refractivity contribution in [2.24, 2.45) is 5.92 Å². The molecule has 2 amide bonds. The van der Waals surface area contributed by atoms with Gasteiger partial charge in [0.15, 0.2) is 0 Å². The van der Waals surface area contributed by atoms with Gasteiger partial charge in [-0.1, -0.05) is 18.2 Å². The zero-order valence-electron chi connectivity index (χ0n) is 19.1. The van der Waals surface area contributed by atoms with Crippen molar-refractivity contribution < 1.29 is 4.79 Å². The van der Waals surface area contributed by atoms with Crippen LogP contribution in [0.25, 0.3) is 10.9 Å². The lowest BCUT2D eigenvalue weighted by Gasteiger charge is -2.30. The average molecular weight is 443 g/mol. The fourth-order valence-corrected chi connectivity index (χ4v) is 4.36. The van der Waals surface area contributed by atoms with Gasteiger partial charge in [-0.25, -0.2) is 9.78 Å². The Hall–Kier alpha value is -3.79. The number of benzene rings is 2. The number of nitrogens with zero attached hydrogens (tertiary/aromatic N) is 3. The molecule has 3 aromatic rings. The normalized spacial score (nSPS) is 17.7. The number of hydrogen-bond acceptors (Lipinski definition) is 5. The smallest absolute Gasteiger partial charge is 0.319 e. The van der Waals surface area contributed by atoms with Crippen LogP contribution in [-0.2, 0) is 0 Å². The molecule has 0 saturated heterocycles. The van der Waals surface area contributed by atoms with E-state index >= 15 is 0 Å². The van der Waals surface area contributed by atoms with E-state index in [2.05, 4.69) is 59.2 Å². The van der Waals surface area contributed by atoms with E-state index in [1.54, 1.807) is 24.3 Å². The van der Waals surface area contributed by atoms with E-state index in [0.29, 0.717) is 29.8 Å². The minimum atomic E-state index is -0.212. The number of aromatic nitrogens is 1. The lowest BCUT2D eigenvalue weighted by molar-refractivity contribution is 0.246. The van der Waals surface area contributed by atoms with E-state index in [-0.39, 0.29) is 6.03 Å². The van der Waals surface area contributed by atoms with E-state index in [1.165, 1.54) is 0 Å². The van der Waals surface area contributed by atoms with Crippen LogP contribution in [-0.4, -0.2) is 37.7 Å². The third-order valence-electron chi connectivity index (χ3n) is 6.20. The van der Waals surface area contributed by atoms with Crippen molar-refractivity contribution in [3.8, 4) is 6.07 Å². The Morgan fingerprint density at radius 2 is 1.82 bits per heavy atom. The molecule has 1 aliphatic carbocycles. The second-order valence-electron chi connectivity index (χ2n) is 8.82. The summed E-state index contributed by atoms with van der Waals surface area (Å²) in [6.07, 6.45) is 4.22. The van der Waals surface area contributed by atoms with Crippen LogP contribution in [0.5, 0.6) is 0 Å². The zero-order valence-corrected chi connectivity index (χ0v) is 19.1. The van der Waals surface area contributed by atoms with Crippen LogP contribution in [0.15, 0.2) is 54.6 Å². The molecule has 0 atom stereocenters. The predicted molar refractivity (Wildman–Crippen MR) is 134 cm³/mol. The lowest BCUT2D eigenvalue weighted by Crippen LogP contribution is -2.36. The van der Waals surface area contributed by atoms with Crippen molar-refractivity contribution in [2.75, 3.05) is 36.2 Å². The number of hydrogen-bond donors (Lipinski definition) is 3. The molecule has 0 spiro atoms. The second-order valence-corrected chi connectivity index (χ2v) is 8.82. The molecule has 1 heterocycles. The highest BCUT2D eigenvalue weighted by Crippen LogP contribution is 2.30. The Kier molecular flexibility index (Phi) is 6.94. The third-order valence-corrected chi connectivity index (χ3v) is 6.20. The number of pyridine rings is 1. The van der Waals surface area contributed by atoms with Crippen molar-refractivity contribution in [1.82, 2.24) is 10.3 Å². The third kappa shape index (κ3) is 5.72. The molecule has 7 heteroatoms. The maximum absolute atomic E-state index is 12.2. The molecular formula is C26H30N6O. The zero-order chi connectivity index (χ0) is 23.2. The summed E-state index contributed by atoms with van der Waals surface area (Å²) in [6, 6.07) is 19.5. The van der Waals surface area contributed by atoms with Gasteiger partial charge in [0.2, 0.25) is 0 Å². The minimum Gasteiger partial charge on any atom is -0.377 e. The van der Waals surface area contributed by atoms with Crippen molar-refractivity contribution >= 4 is 34.1 Å². The van der Waals surface area contributed by atoms with Crippen LogP contribution < -0.4 is 20.9 Å². The molecule has 0 aliphatic heterocycles. The van der Waals surface area contributed by atoms with Crippen LogP contribution >= 0.6 is 0 Å². The molecule has 1 fully saturated rings. The molecule has 0 radical (unpaired) electrons. The summed E-state index contributed by atoms with van der Waals surface area (Å²) in [4.78, 5) is 19.1. The summed E-state index contributed by atoms with van der Waals surface area (Å²) in [5.41, 5.74) is 3.41. The van der Waals surface area contributed by atoms with Gasteiger partial charge in [0.1, 0.15) is 5.82 Å². The van der Waals surface area contributed by atoms with Crippen LogP contribution in [0.1, 0.15) is 31.2 Å². The number of anilines is 3. The standard InChI is InChI=1S/C26H30N6O/c1-32(2)24-15-25(31-23-6-4-3-5-22(23)24)29-20-13-9-19(10-14-20)17-28-26(33)30-21-11-7-18(16-27)8-12-21/h3-8,11-12,15,19-20H,9-10,13-14,17H2,1-2H3,(H,29,31)(H2,28,30,33)/t19-,20+. The number of nitrogens with one attached hydrogen (secondary N) is 3. The number of para-hydroxylation sites is 1. The molecule has 1 aliphatic rings. The average Bonchev–Trinajstić information content (AvgIpc) is 2.83. The number of fused-ring (bicyclic) bond motifs is 1. The molecule has 3 N–H and O–H groups in total. The SMILES string of the molecule is CN(C)c1cc(N[C@H]2CC[C@@H](CNC(=O)Nc3ccc(C#N)cc3)CC2)nc2ccccc12. The molecule has 4 rings (SSSR count).